The van der Waals surface area contributed by atoms with Gasteiger partial charge >= 0.3 is 0 Å². The van der Waals surface area contributed by atoms with Crippen LogP contribution in [0.5, 0.6) is 0 Å². The average molecular weight is 326 g/mol. The SMILES string of the molecule is Cc1cc(C)nc(N2CC[C@H](c3ccc4sc(N)nc4n3)C2)n1. The summed E-state index contributed by atoms with van der Waals surface area (Å²) in [5.74, 6) is 1.20. The van der Waals surface area contributed by atoms with E-state index < -0.39 is 0 Å². The predicted octanol–water partition coefficient (Wildman–Crippen LogP) is 2.67. The van der Waals surface area contributed by atoms with E-state index in [4.69, 9.17) is 10.7 Å². The van der Waals surface area contributed by atoms with E-state index in [2.05, 4.69) is 32.0 Å². The van der Waals surface area contributed by atoms with Gasteiger partial charge in [-0.15, -0.1) is 0 Å². The van der Waals surface area contributed by atoms with E-state index in [9.17, 15) is 0 Å². The summed E-state index contributed by atoms with van der Waals surface area (Å²) < 4.78 is 1.04. The molecule has 1 atom stereocenters. The molecule has 7 heteroatoms. The van der Waals surface area contributed by atoms with Crippen molar-refractivity contribution in [1.82, 2.24) is 19.9 Å². The fourth-order valence-electron chi connectivity index (χ4n) is 3.11. The number of nitrogens with zero attached hydrogens (tertiary/aromatic N) is 5. The lowest BCUT2D eigenvalue weighted by molar-refractivity contribution is 0.746. The predicted molar refractivity (Wildman–Crippen MR) is 92.9 cm³/mol. The lowest BCUT2D eigenvalue weighted by Gasteiger charge is -2.17. The van der Waals surface area contributed by atoms with Crippen molar-refractivity contribution in [2.24, 2.45) is 0 Å². The van der Waals surface area contributed by atoms with Crippen LogP contribution in [0.1, 0.15) is 29.4 Å². The van der Waals surface area contributed by atoms with E-state index in [1.165, 1.54) is 11.3 Å². The summed E-state index contributed by atoms with van der Waals surface area (Å²) in [6.45, 7) is 5.86. The van der Waals surface area contributed by atoms with E-state index in [1.807, 2.05) is 19.9 Å². The molecule has 0 bridgehead atoms. The number of rotatable bonds is 2. The van der Waals surface area contributed by atoms with Crippen molar-refractivity contribution in [1.29, 1.82) is 0 Å². The summed E-state index contributed by atoms with van der Waals surface area (Å²) in [5, 5.41) is 0.571. The van der Waals surface area contributed by atoms with Gasteiger partial charge in [-0.1, -0.05) is 11.3 Å². The Balaban J connectivity index is 1.59. The second kappa shape index (κ2) is 5.42. The van der Waals surface area contributed by atoms with Crippen LogP contribution in [-0.4, -0.2) is 33.0 Å². The molecule has 0 aromatic carbocycles. The molecule has 118 valence electrons. The molecule has 0 unspecified atom stereocenters. The first-order valence-corrected chi connectivity index (χ1v) is 8.50. The van der Waals surface area contributed by atoms with Crippen molar-refractivity contribution in [2.45, 2.75) is 26.2 Å². The van der Waals surface area contributed by atoms with Gasteiger partial charge in [0.25, 0.3) is 0 Å². The number of hydrogen-bond acceptors (Lipinski definition) is 7. The lowest BCUT2D eigenvalue weighted by Crippen LogP contribution is -2.22. The maximum absolute atomic E-state index is 5.76. The smallest absolute Gasteiger partial charge is 0.225 e. The molecule has 2 N–H and O–H groups in total. The van der Waals surface area contributed by atoms with Crippen molar-refractivity contribution in [2.75, 3.05) is 23.7 Å². The van der Waals surface area contributed by atoms with Crippen LogP contribution in [0.25, 0.3) is 10.3 Å². The Kier molecular flexibility index (Phi) is 3.37. The third-order valence-electron chi connectivity index (χ3n) is 4.15. The summed E-state index contributed by atoms with van der Waals surface area (Å²) >= 11 is 1.48. The molecule has 1 aliphatic heterocycles. The third kappa shape index (κ3) is 2.72. The van der Waals surface area contributed by atoms with Crippen LogP contribution in [0.15, 0.2) is 18.2 Å². The Labute approximate surface area is 138 Å². The Hall–Kier alpha value is -2.28. The number of hydrogen-bond donors (Lipinski definition) is 1. The number of fused-ring (bicyclic) bond motifs is 1. The van der Waals surface area contributed by atoms with Gasteiger partial charge in [0, 0.05) is 36.1 Å². The van der Waals surface area contributed by atoms with Crippen molar-refractivity contribution in [3.05, 3.63) is 35.3 Å². The fraction of sp³-hybridized carbons (Fsp3) is 0.375. The first kappa shape index (κ1) is 14.3. The second-order valence-electron chi connectivity index (χ2n) is 5.99. The molecule has 1 fully saturated rings. The van der Waals surface area contributed by atoms with E-state index in [0.29, 0.717) is 11.0 Å². The van der Waals surface area contributed by atoms with Crippen LogP contribution >= 0.6 is 11.3 Å². The molecule has 3 aromatic rings. The lowest BCUT2D eigenvalue weighted by atomic mass is 10.0. The minimum Gasteiger partial charge on any atom is -0.375 e. The molecular weight excluding hydrogens is 308 g/mol. The molecule has 3 aromatic heterocycles. The van der Waals surface area contributed by atoms with Crippen molar-refractivity contribution in [3.8, 4) is 0 Å². The van der Waals surface area contributed by atoms with Crippen LogP contribution in [0.2, 0.25) is 0 Å². The highest BCUT2D eigenvalue weighted by molar-refractivity contribution is 7.21. The van der Waals surface area contributed by atoms with Gasteiger partial charge < -0.3 is 10.6 Å². The standard InChI is InChI=1S/C16H18N6S/c1-9-7-10(2)19-16(18-9)22-6-5-11(8-22)12-3-4-13-14(20-12)21-15(17)23-13/h3-4,7,11H,5-6,8H2,1-2H3,(H2,17,20,21)/t11-/m0/s1. The van der Waals surface area contributed by atoms with Crippen molar-refractivity contribution < 1.29 is 0 Å². The number of thiazole rings is 1. The van der Waals surface area contributed by atoms with Crippen LogP contribution in [-0.2, 0) is 0 Å². The number of aryl methyl sites for hydroxylation is 2. The summed E-state index contributed by atoms with van der Waals surface area (Å²) in [7, 11) is 0. The normalized spacial score (nSPS) is 18.0. The largest absolute Gasteiger partial charge is 0.375 e. The molecule has 0 saturated carbocycles. The van der Waals surface area contributed by atoms with Crippen LogP contribution in [0.3, 0.4) is 0 Å². The summed E-state index contributed by atoms with van der Waals surface area (Å²) in [6, 6.07) is 6.16. The Bertz CT molecular complexity index is 854. The van der Waals surface area contributed by atoms with Gasteiger partial charge in [0.1, 0.15) is 0 Å². The molecule has 0 spiro atoms. The monoisotopic (exact) mass is 326 g/mol. The highest BCUT2D eigenvalue weighted by atomic mass is 32.1. The molecule has 4 heterocycles. The van der Waals surface area contributed by atoms with Gasteiger partial charge in [-0.25, -0.2) is 19.9 Å². The van der Waals surface area contributed by atoms with Gasteiger partial charge in [0.2, 0.25) is 5.95 Å². The minimum absolute atomic E-state index is 0.381. The van der Waals surface area contributed by atoms with Crippen LogP contribution < -0.4 is 10.6 Å². The molecule has 23 heavy (non-hydrogen) atoms. The number of nitrogens with two attached hydrogens (primary N) is 1. The molecule has 6 nitrogen and oxygen atoms in total. The number of anilines is 2. The zero-order valence-corrected chi connectivity index (χ0v) is 14.0. The summed E-state index contributed by atoms with van der Waals surface area (Å²) in [6.07, 6.45) is 1.05. The average Bonchev–Trinajstić information content (AvgIpc) is 3.10. The van der Waals surface area contributed by atoms with E-state index >= 15 is 0 Å². The molecule has 1 aliphatic rings. The van der Waals surface area contributed by atoms with Crippen LogP contribution in [0, 0.1) is 13.8 Å². The quantitative estimate of drug-likeness (QED) is 0.780. The molecule has 4 rings (SSSR count). The number of nitrogen functional groups attached to an aromatic ring is 1. The minimum atomic E-state index is 0.381. The topological polar surface area (TPSA) is 80.8 Å². The zero-order valence-electron chi connectivity index (χ0n) is 13.2. The molecule has 0 amide bonds. The third-order valence-corrected chi connectivity index (χ3v) is 4.99. The van der Waals surface area contributed by atoms with Crippen molar-refractivity contribution in [3.63, 3.8) is 0 Å². The molecule has 0 radical (unpaired) electrons. The Morgan fingerprint density at radius 2 is 1.91 bits per heavy atom. The van der Waals surface area contributed by atoms with E-state index in [0.717, 1.165) is 52.9 Å². The Morgan fingerprint density at radius 3 is 2.70 bits per heavy atom. The van der Waals surface area contributed by atoms with Gasteiger partial charge in [0.15, 0.2) is 10.8 Å². The first-order valence-electron chi connectivity index (χ1n) is 7.69. The first-order chi connectivity index (χ1) is 11.1. The van der Waals surface area contributed by atoms with Gasteiger partial charge in [-0.05, 0) is 38.5 Å². The maximum atomic E-state index is 5.76. The number of aromatic nitrogens is 4. The van der Waals surface area contributed by atoms with Crippen LogP contribution in [0.4, 0.5) is 11.1 Å². The van der Waals surface area contributed by atoms with Gasteiger partial charge in [-0.2, -0.15) is 0 Å². The Morgan fingerprint density at radius 1 is 1.13 bits per heavy atom. The maximum Gasteiger partial charge on any atom is 0.225 e. The molecular formula is C16H18N6S. The van der Waals surface area contributed by atoms with Crippen molar-refractivity contribution >= 4 is 32.8 Å². The molecule has 1 saturated heterocycles. The highest BCUT2D eigenvalue weighted by Gasteiger charge is 2.27. The highest BCUT2D eigenvalue weighted by Crippen LogP contribution is 2.30. The summed E-state index contributed by atoms with van der Waals surface area (Å²) in [5.41, 5.74) is 9.61. The van der Waals surface area contributed by atoms with Gasteiger partial charge in [-0.3, -0.25) is 0 Å². The van der Waals surface area contributed by atoms with E-state index in [-0.39, 0.29) is 0 Å². The van der Waals surface area contributed by atoms with Gasteiger partial charge in [0.05, 0.1) is 4.70 Å². The fourth-order valence-corrected chi connectivity index (χ4v) is 3.79. The number of pyridine rings is 1. The molecule has 0 aliphatic carbocycles. The summed E-state index contributed by atoms with van der Waals surface area (Å²) in [4.78, 5) is 20.4. The second-order valence-corrected chi connectivity index (χ2v) is 7.05. The van der Waals surface area contributed by atoms with E-state index in [1.54, 1.807) is 0 Å². The zero-order chi connectivity index (χ0) is 16.0.